The number of rotatable bonds is 7. The first-order valence-electron chi connectivity index (χ1n) is 10.7. The summed E-state index contributed by atoms with van der Waals surface area (Å²) in [5, 5.41) is 11.6. The van der Waals surface area contributed by atoms with Crippen LogP contribution in [0, 0.1) is 17.8 Å². The highest BCUT2D eigenvalue weighted by atomic mass is 35.5. The maximum Gasteiger partial charge on any atom is 0.306 e. The van der Waals surface area contributed by atoms with E-state index in [2.05, 4.69) is 0 Å². The first-order valence-corrected chi connectivity index (χ1v) is 11.1. The van der Waals surface area contributed by atoms with Crippen LogP contribution in [-0.2, 0) is 14.3 Å². The van der Waals surface area contributed by atoms with Crippen molar-refractivity contribution in [2.45, 2.75) is 45.6 Å². The van der Waals surface area contributed by atoms with Crippen LogP contribution in [0.4, 0.5) is 0 Å². The van der Waals surface area contributed by atoms with Crippen molar-refractivity contribution in [3.8, 4) is 17.2 Å². The molecule has 0 aromatic heterocycles. The lowest BCUT2D eigenvalue weighted by molar-refractivity contribution is -0.141. The van der Waals surface area contributed by atoms with Crippen LogP contribution in [0.5, 0.6) is 17.2 Å². The molecule has 1 heterocycles. The fourth-order valence-corrected chi connectivity index (χ4v) is 5.02. The fourth-order valence-electron chi connectivity index (χ4n) is 4.76. The van der Waals surface area contributed by atoms with E-state index < -0.39 is 34.9 Å². The van der Waals surface area contributed by atoms with Crippen LogP contribution in [0.1, 0.15) is 50.4 Å². The van der Waals surface area contributed by atoms with Gasteiger partial charge in [-0.1, -0.05) is 32.4 Å². The topological polar surface area (TPSA) is 108 Å². The van der Waals surface area contributed by atoms with E-state index in [0.717, 1.165) is 0 Å². The van der Waals surface area contributed by atoms with Crippen molar-refractivity contribution < 1.29 is 38.4 Å². The van der Waals surface area contributed by atoms with Crippen molar-refractivity contribution in [1.82, 2.24) is 0 Å². The molecule has 1 N–H and O–H groups in total. The summed E-state index contributed by atoms with van der Waals surface area (Å²) in [7, 11) is 4.07. The Kier molecular flexibility index (Phi) is 6.98. The summed E-state index contributed by atoms with van der Waals surface area (Å²) in [5.41, 5.74) is -1.76. The number of ether oxygens (including phenoxy) is 4. The normalized spacial score (nSPS) is 23.0. The van der Waals surface area contributed by atoms with Crippen molar-refractivity contribution in [3.63, 3.8) is 0 Å². The van der Waals surface area contributed by atoms with Gasteiger partial charge < -0.3 is 24.1 Å². The predicted octanol–water partition coefficient (Wildman–Crippen LogP) is 4.32. The fraction of sp³-hybridized carbons (Fsp3) is 0.542. The third-order valence-electron chi connectivity index (χ3n) is 6.32. The smallest absolute Gasteiger partial charge is 0.306 e. The maximum absolute atomic E-state index is 13.8. The lowest BCUT2D eigenvalue weighted by Crippen LogP contribution is -2.53. The van der Waals surface area contributed by atoms with E-state index in [1.165, 1.54) is 27.4 Å². The number of esters is 1. The Morgan fingerprint density at radius 2 is 1.88 bits per heavy atom. The molecule has 0 saturated carbocycles. The molecule has 2 aliphatic rings. The summed E-state index contributed by atoms with van der Waals surface area (Å²) in [6.07, 6.45) is 0.277. The third kappa shape index (κ3) is 3.94. The second-order valence-corrected chi connectivity index (χ2v) is 9.24. The number of carbonyl (C=O) groups is 3. The zero-order valence-electron chi connectivity index (χ0n) is 19.6. The second-order valence-electron chi connectivity index (χ2n) is 8.86. The zero-order valence-corrected chi connectivity index (χ0v) is 20.4. The number of allylic oxidation sites excluding steroid dienone is 1. The standard InChI is InChI=1S/C24H29ClO8/c1-11(2)7-13(9-17(27)32-6)18-14(26)8-12(3)24(22(18)28)23(29)19-15(30-4)10-16(31-5)20(25)21(19)33-24/h10-13,28H,7-9H2,1-6H3/t12-,13+,24+/m1/s1. The van der Waals surface area contributed by atoms with Crippen LogP contribution in [0.2, 0.25) is 5.02 Å². The molecule has 0 saturated heterocycles. The van der Waals surface area contributed by atoms with Crippen LogP contribution in [-0.4, -0.2) is 49.6 Å². The highest BCUT2D eigenvalue weighted by Gasteiger charge is 2.61. The molecule has 1 aromatic carbocycles. The Hall–Kier alpha value is -2.74. The van der Waals surface area contributed by atoms with Crippen LogP contribution in [0.15, 0.2) is 17.4 Å². The van der Waals surface area contributed by atoms with E-state index >= 15 is 0 Å². The number of Topliss-reactive ketones (excluding diaryl/α,β-unsaturated/α-hetero) is 2. The van der Waals surface area contributed by atoms with Gasteiger partial charge in [-0.05, 0) is 12.3 Å². The summed E-state index contributed by atoms with van der Waals surface area (Å²) in [6.45, 7) is 5.54. The quantitative estimate of drug-likeness (QED) is 0.575. The molecule has 8 nitrogen and oxygen atoms in total. The Bertz CT molecular complexity index is 1030. The van der Waals surface area contributed by atoms with Gasteiger partial charge in [0, 0.05) is 29.9 Å². The van der Waals surface area contributed by atoms with Crippen molar-refractivity contribution >= 4 is 29.1 Å². The van der Waals surface area contributed by atoms with Crippen LogP contribution < -0.4 is 14.2 Å². The van der Waals surface area contributed by atoms with Crippen LogP contribution >= 0.6 is 11.6 Å². The number of hydrogen-bond donors (Lipinski definition) is 1. The number of methoxy groups -OCH3 is 3. The molecular weight excluding hydrogens is 452 g/mol. The number of halogens is 1. The zero-order chi connectivity index (χ0) is 24.7. The first-order chi connectivity index (χ1) is 15.5. The highest BCUT2D eigenvalue weighted by molar-refractivity contribution is 6.35. The maximum atomic E-state index is 13.8. The van der Waals surface area contributed by atoms with E-state index in [4.69, 9.17) is 30.5 Å². The largest absolute Gasteiger partial charge is 0.507 e. The molecule has 3 rings (SSSR count). The molecule has 1 aliphatic carbocycles. The van der Waals surface area contributed by atoms with E-state index in [1.807, 2.05) is 13.8 Å². The number of aliphatic hydroxyl groups is 1. The van der Waals surface area contributed by atoms with Gasteiger partial charge in [0.2, 0.25) is 11.4 Å². The van der Waals surface area contributed by atoms with Crippen molar-refractivity contribution in [1.29, 1.82) is 0 Å². The number of carbonyl (C=O) groups excluding carboxylic acids is 3. The van der Waals surface area contributed by atoms with Gasteiger partial charge in [-0.3, -0.25) is 14.4 Å². The number of hydrogen-bond acceptors (Lipinski definition) is 8. The van der Waals surface area contributed by atoms with Crippen LogP contribution in [0.25, 0.3) is 0 Å². The third-order valence-corrected chi connectivity index (χ3v) is 6.67. The second kappa shape index (κ2) is 9.25. The number of ketones is 2. The van der Waals surface area contributed by atoms with Crippen LogP contribution in [0.3, 0.4) is 0 Å². The van der Waals surface area contributed by atoms with Gasteiger partial charge in [-0.15, -0.1) is 0 Å². The SMILES string of the molecule is COC(=O)C[C@H](CC(C)C)C1=C(O)[C@@]2(Oc3c(Cl)c(OC)cc(OC)c3C2=O)[C@H](C)CC1=O. The first kappa shape index (κ1) is 24.9. The Morgan fingerprint density at radius 1 is 1.24 bits per heavy atom. The van der Waals surface area contributed by atoms with Gasteiger partial charge in [0.15, 0.2) is 17.3 Å². The van der Waals surface area contributed by atoms with Gasteiger partial charge in [-0.25, -0.2) is 0 Å². The van der Waals surface area contributed by atoms with Crippen molar-refractivity contribution in [2.24, 2.45) is 17.8 Å². The average molecular weight is 481 g/mol. The molecule has 0 unspecified atom stereocenters. The van der Waals surface area contributed by atoms with Crippen molar-refractivity contribution in [2.75, 3.05) is 21.3 Å². The molecule has 180 valence electrons. The van der Waals surface area contributed by atoms with Gasteiger partial charge >= 0.3 is 5.97 Å². The molecule has 0 bridgehead atoms. The van der Waals surface area contributed by atoms with Gasteiger partial charge in [0.05, 0.1) is 27.8 Å². The van der Waals surface area contributed by atoms with Gasteiger partial charge in [0.1, 0.15) is 22.1 Å². The monoisotopic (exact) mass is 480 g/mol. The molecule has 1 aliphatic heterocycles. The lowest BCUT2D eigenvalue weighted by atomic mass is 9.69. The minimum atomic E-state index is -1.86. The summed E-state index contributed by atoms with van der Waals surface area (Å²) >= 11 is 6.45. The minimum Gasteiger partial charge on any atom is -0.507 e. The summed E-state index contributed by atoms with van der Waals surface area (Å²) in [5.74, 6) is -2.67. The molecular formula is C24H29ClO8. The molecule has 0 amide bonds. The summed E-state index contributed by atoms with van der Waals surface area (Å²) in [6, 6.07) is 1.47. The predicted molar refractivity (Wildman–Crippen MR) is 120 cm³/mol. The Labute approximate surface area is 197 Å². The lowest BCUT2D eigenvalue weighted by Gasteiger charge is -2.38. The molecule has 9 heteroatoms. The number of fused-ring (bicyclic) bond motifs is 1. The highest BCUT2D eigenvalue weighted by Crippen LogP contribution is 2.55. The summed E-state index contributed by atoms with van der Waals surface area (Å²) in [4.78, 5) is 39.0. The summed E-state index contributed by atoms with van der Waals surface area (Å²) < 4.78 is 21.6. The Balaban J connectivity index is 2.23. The average Bonchev–Trinajstić information content (AvgIpc) is 3.07. The molecule has 1 spiro atoms. The number of aliphatic hydroxyl groups excluding tert-OH is 1. The molecule has 0 fully saturated rings. The van der Waals surface area contributed by atoms with E-state index in [1.54, 1.807) is 6.92 Å². The molecule has 1 aromatic rings. The Morgan fingerprint density at radius 3 is 2.42 bits per heavy atom. The number of benzene rings is 1. The van der Waals surface area contributed by atoms with E-state index in [-0.39, 0.29) is 58.0 Å². The van der Waals surface area contributed by atoms with Crippen molar-refractivity contribution in [3.05, 3.63) is 28.0 Å². The van der Waals surface area contributed by atoms with Gasteiger partial charge in [0.25, 0.3) is 0 Å². The van der Waals surface area contributed by atoms with Gasteiger partial charge in [-0.2, -0.15) is 0 Å². The molecule has 0 radical (unpaired) electrons. The molecule has 33 heavy (non-hydrogen) atoms. The van der Waals surface area contributed by atoms with E-state index in [0.29, 0.717) is 6.42 Å². The minimum absolute atomic E-state index is 0.0235. The molecule has 3 atom stereocenters. The van der Waals surface area contributed by atoms with E-state index in [9.17, 15) is 19.5 Å².